The summed E-state index contributed by atoms with van der Waals surface area (Å²) >= 11 is 0. The van der Waals surface area contributed by atoms with E-state index in [1.54, 1.807) is 6.92 Å². The zero-order valence-electron chi connectivity index (χ0n) is 17.7. The minimum Gasteiger partial charge on any atom is -0.490 e. The average molecular weight is 456 g/mol. The van der Waals surface area contributed by atoms with Gasteiger partial charge in [0.15, 0.2) is 11.6 Å². The molecule has 3 rings (SSSR count). The van der Waals surface area contributed by atoms with E-state index < -0.39 is 15.8 Å². The number of benzene rings is 1. The topological polar surface area (TPSA) is 114 Å². The minimum atomic E-state index is -3.79. The van der Waals surface area contributed by atoms with Gasteiger partial charge >= 0.3 is 0 Å². The third-order valence-electron chi connectivity index (χ3n) is 5.43. The normalized spacial score (nSPS) is 20.4. The number of carbonyl (C=O) groups excluding carboxylic acids is 2. The van der Waals surface area contributed by atoms with E-state index in [1.807, 2.05) is 0 Å². The number of imide groups is 1. The Bertz CT molecular complexity index is 904. The molecule has 1 heterocycles. The van der Waals surface area contributed by atoms with Crippen molar-refractivity contribution in [1.82, 2.24) is 15.4 Å². The molecule has 1 unspecified atom stereocenters. The summed E-state index contributed by atoms with van der Waals surface area (Å²) in [4.78, 5) is 22.8. The van der Waals surface area contributed by atoms with Crippen LogP contribution in [0, 0.1) is 11.7 Å². The Hall–Kier alpha value is -2.04. The van der Waals surface area contributed by atoms with Gasteiger partial charge < -0.3 is 10.1 Å². The molecule has 2 fully saturated rings. The van der Waals surface area contributed by atoms with Crippen LogP contribution >= 0.6 is 0 Å². The van der Waals surface area contributed by atoms with Gasteiger partial charge in [-0.15, -0.1) is 0 Å². The van der Waals surface area contributed by atoms with E-state index in [0.29, 0.717) is 38.3 Å². The summed E-state index contributed by atoms with van der Waals surface area (Å²) in [5.74, 6) is -0.718. The van der Waals surface area contributed by atoms with Gasteiger partial charge in [0.2, 0.25) is 21.8 Å². The first-order valence-corrected chi connectivity index (χ1v) is 12.2. The lowest BCUT2D eigenvalue weighted by Gasteiger charge is -2.22. The molecular weight excluding hydrogens is 425 g/mol. The Morgan fingerprint density at radius 2 is 2.00 bits per heavy atom. The van der Waals surface area contributed by atoms with Crippen LogP contribution < -0.4 is 20.1 Å². The molecule has 8 nitrogen and oxygen atoms in total. The van der Waals surface area contributed by atoms with E-state index in [0.717, 1.165) is 31.7 Å². The first kappa shape index (κ1) is 23.6. The van der Waals surface area contributed by atoms with Gasteiger partial charge in [0, 0.05) is 18.5 Å². The first-order chi connectivity index (χ1) is 14.7. The fourth-order valence-electron chi connectivity index (χ4n) is 3.39. The number of ether oxygens (including phenoxy) is 1. The molecule has 1 aromatic carbocycles. The first-order valence-electron chi connectivity index (χ1n) is 10.8. The van der Waals surface area contributed by atoms with Crippen molar-refractivity contribution in [2.75, 3.05) is 13.2 Å². The van der Waals surface area contributed by atoms with Crippen molar-refractivity contribution in [3.05, 3.63) is 24.0 Å². The molecule has 0 radical (unpaired) electrons. The molecule has 1 aliphatic carbocycles. The van der Waals surface area contributed by atoms with Crippen LogP contribution in [0.3, 0.4) is 0 Å². The van der Waals surface area contributed by atoms with Crippen LogP contribution in [-0.2, 0) is 19.6 Å². The molecule has 31 heavy (non-hydrogen) atoms. The summed E-state index contributed by atoms with van der Waals surface area (Å²) in [5.41, 5.74) is 0. The van der Waals surface area contributed by atoms with Crippen molar-refractivity contribution < 1.29 is 27.1 Å². The van der Waals surface area contributed by atoms with Crippen molar-refractivity contribution in [1.29, 1.82) is 0 Å². The maximum Gasteiger partial charge on any atom is 0.243 e. The predicted molar refractivity (Wildman–Crippen MR) is 112 cm³/mol. The zero-order valence-corrected chi connectivity index (χ0v) is 18.5. The fourth-order valence-corrected chi connectivity index (χ4v) is 4.68. The van der Waals surface area contributed by atoms with Crippen molar-refractivity contribution in [3.63, 3.8) is 0 Å². The number of unbranched alkanes of at least 4 members (excludes halogenated alkanes) is 1. The van der Waals surface area contributed by atoms with E-state index in [9.17, 15) is 22.4 Å². The SMILES string of the molecule is C[C@@H](CCCCNC1CCC(=O)NC1=O)NS(=O)(=O)c1ccc(F)c(OCC2CC2)c1. The van der Waals surface area contributed by atoms with Crippen molar-refractivity contribution in [2.24, 2.45) is 5.92 Å². The molecule has 1 aromatic rings. The number of rotatable bonds is 12. The lowest BCUT2D eigenvalue weighted by molar-refractivity contribution is -0.134. The number of carbonyl (C=O) groups is 2. The molecule has 1 saturated heterocycles. The lowest BCUT2D eigenvalue weighted by atomic mass is 10.1. The summed E-state index contributed by atoms with van der Waals surface area (Å²) in [7, 11) is -3.79. The molecule has 10 heteroatoms. The van der Waals surface area contributed by atoms with Gasteiger partial charge in [-0.2, -0.15) is 0 Å². The van der Waals surface area contributed by atoms with Gasteiger partial charge in [0.25, 0.3) is 0 Å². The van der Waals surface area contributed by atoms with Gasteiger partial charge in [-0.25, -0.2) is 17.5 Å². The summed E-state index contributed by atoms with van der Waals surface area (Å²) < 4.78 is 47.3. The van der Waals surface area contributed by atoms with Gasteiger partial charge in [0.1, 0.15) is 0 Å². The standard InChI is InChI=1S/C21H30FN3O5S/c1-14(4-2-3-11-23-18-9-10-20(26)24-21(18)27)25-31(28,29)16-7-8-17(22)19(12-16)30-13-15-5-6-15/h7-8,12,14-15,18,23,25H,2-6,9-11,13H2,1H3,(H,24,26,27)/t14-,18?/m0/s1. The molecule has 172 valence electrons. The van der Waals surface area contributed by atoms with Gasteiger partial charge in [0.05, 0.1) is 17.5 Å². The van der Waals surface area contributed by atoms with Crippen molar-refractivity contribution in [2.45, 2.75) is 68.8 Å². The van der Waals surface area contributed by atoms with Crippen LogP contribution in [0.25, 0.3) is 0 Å². The second-order valence-corrected chi connectivity index (χ2v) is 10.0. The van der Waals surface area contributed by atoms with Crippen LogP contribution in [0.1, 0.15) is 51.9 Å². The molecule has 2 atom stereocenters. The Labute approximate surface area is 182 Å². The third kappa shape index (κ3) is 7.26. The Balaban J connectivity index is 1.40. The number of halogens is 1. The number of hydrogen-bond donors (Lipinski definition) is 3. The summed E-state index contributed by atoms with van der Waals surface area (Å²) in [5, 5.41) is 5.43. The molecule has 2 aliphatic rings. The highest BCUT2D eigenvalue weighted by atomic mass is 32.2. The van der Waals surface area contributed by atoms with E-state index >= 15 is 0 Å². The van der Waals surface area contributed by atoms with Crippen molar-refractivity contribution in [3.8, 4) is 5.75 Å². The highest BCUT2D eigenvalue weighted by molar-refractivity contribution is 7.89. The van der Waals surface area contributed by atoms with Crippen LogP contribution in [0.4, 0.5) is 4.39 Å². The minimum absolute atomic E-state index is 0.0222. The predicted octanol–water partition coefficient (Wildman–Crippen LogP) is 1.85. The average Bonchev–Trinajstić information content (AvgIpc) is 3.52. The monoisotopic (exact) mass is 455 g/mol. The van der Waals surface area contributed by atoms with Crippen LogP contribution in [0.5, 0.6) is 5.75 Å². The fraction of sp³-hybridized carbons (Fsp3) is 0.619. The van der Waals surface area contributed by atoms with Gasteiger partial charge in [-0.1, -0.05) is 6.42 Å². The maximum absolute atomic E-state index is 13.9. The quantitative estimate of drug-likeness (QED) is 0.327. The second kappa shape index (κ2) is 10.5. The molecule has 0 spiro atoms. The molecule has 3 N–H and O–H groups in total. The molecule has 1 aliphatic heterocycles. The Morgan fingerprint density at radius 3 is 2.71 bits per heavy atom. The molecule has 0 bridgehead atoms. The zero-order chi connectivity index (χ0) is 22.4. The summed E-state index contributed by atoms with van der Waals surface area (Å²) in [6.07, 6.45) is 5.07. The largest absolute Gasteiger partial charge is 0.490 e. The smallest absolute Gasteiger partial charge is 0.243 e. The number of piperidine rings is 1. The molecule has 1 saturated carbocycles. The highest BCUT2D eigenvalue weighted by Crippen LogP contribution is 2.30. The van der Waals surface area contributed by atoms with Crippen LogP contribution in [-0.4, -0.2) is 45.5 Å². The second-order valence-electron chi connectivity index (χ2n) is 8.32. The number of nitrogens with one attached hydrogen (secondary N) is 3. The van der Waals surface area contributed by atoms with E-state index in [1.165, 1.54) is 12.1 Å². The van der Waals surface area contributed by atoms with E-state index in [4.69, 9.17) is 4.74 Å². The maximum atomic E-state index is 13.9. The number of amides is 2. The van der Waals surface area contributed by atoms with Gasteiger partial charge in [-0.05, 0) is 63.6 Å². The van der Waals surface area contributed by atoms with Crippen LogP contribution in [0.2, 0.25) is 0 Å². The molecule has 0 aromatic heterocycles. The highest BCUT2D eigenvalue weighted by Gasteiger charge is 2.26. The van der Waals surface area contributed by atoms with Gasteiger partial charge in [-0.3, -0.25) is 14.9 Å². The molecule has 2 amide bonds. The Kier molecular flexibility index (Phi) is 8.01. The lowest BCUT2D eigenvalue weighted by Crippen LogP contribution is -2.50. The number of hydrogen-bond acceptors (Lipinski definition) is 6. The van der Waals surface area contributed by atoms with Crippen LogP contribution in [0.15, 0.2) is 23.1 Å². The molecular formula is C21H30FN3O5S. The van der Waals surface area contributed by atoms with Crippen molar-refractivity contribution >= 4 is 21.8 Å². The van der Waals surface area contributed by atoms with E-state index in [2.05, 4.69) is 15.4 Å². The number of sulfonamides is 1. The summed E-state index contributed by atoms with van der Waals surface area (Å²) in [6, 6.07) is 2.92. The summed E-state index contributed by atoms with van der Waals surface area (Å²) in [6.45, 7) is 2.78. The third-order valence-corrected chi connectivity index (χ3v) is 7.02. The Morgan fingerprint density at radius 1 is 1.23 bits per heavy atom. The van der Waals surface area contributed by atoms with E-state index in [-0.39, 0.29) is 34.5 Å².